The van der Waals surface area contributed by atoms with Crippen LogP contribution in [0.4, 0.5) is 4.39 Å². The molecule has 106 valence electrons. The minimum Gasteiger partial charge on any atom is -0.271 e. The summed E-state index contributed by atoms with van der Waals surface area (Å²) in [4.78, 5) is 0. The average Bonchev–Trinajstić information content (AvgIpc) is 2.43. The second kappa shape index (κ2) is 6.55. The van der Waals surface area contributed by atoms with Gasteiger partial charge in [0.05, 0.1) is 16.1 Å². The predicted molar refractivity (Wildman–Crippen MR) is 81.4 cm³/mol. The van der Waals surface area contributed by atoms with Gasteiger partial charge in [-0.3, -0.25) is 11.3 Å². The van der Waals surface area contributed by atoms with E-state index in [0.29, 0.717) is 16.5 Å². The summed E-state index contributed by atoms with van der Waals surface area (Å²) in [5, 5.41) is 0.937. The Balaban J connectivity index is 2.34. The molecule has 0 aromatic heterocycles. The normalized spacial score (nSPS) is 12.4. The number of nitrogens with two attached hydrogens (primary N) is 1. The Kier molecular flexibility index (Phi) is 5.00. The lowest BCUT2D eigenvalue weighted by molar-refractivity contribution is 0.547. The first kappa shape index (κ1) is 15.3. The molecule has 0 heterocycles. The number of hydrogen-bond acceptors (Lipinski definition) is 2. The van der Waals surface area contributed by atoms with Crippen molar-refractivity contribution in [2.24, 2.45) is 5.84 Å². The van der Waals surface area contributed by atoms with Gasteiger partial charge in [0.1, 0.15) is 5.82 Å². The molecule has 0 saturated heterocycles. The molecule has 3 N–H and O–H groups in total. The number of hydrogen-bond donors (Lipinski definition) is 2. The summed E-state index contributed by atoms with van der Waals surface area (Å²) in [7, 11) is 0. The molecule has 2 aromatic carbocycles. The Morgan fingerprint density at radius 3 is 2.70 bits per heavy atom. The van der Waals surface area contributed by atoms with Gasteiger partial charge >= 0.3 is 0 Å². The molecule has 20 heavy (non-hydrogen) atoms. The third-order valence-electron chi connectivity index (χ3n) is 3.29. The monoisotopic (exact) mass is 312 g/mol. The molecule has 0 amide bonds. The predicted octanol–water partition coefficient (Wildman–Crippen LogP) is 4.19. The minimum absolute atomic E-state index is 0.235. The number of aryl methyl sites for hydroxylation is 1. The van der Waals surface area contributed by atoms with Crippen LogP contribution >= 0.6 is 23.2 Å². The second-order valence-corrected chi connectivity index (χ2v) is 5.42. The topological polar surface area (TPSA) is 38.0 Å². The Bertz CT molecular complexity index is 617. The van der Waals surface area contributed by atoms with E-state index >= 15 is 0 Å². The average molecular weight is 313 g/mol. The van der Waals surface area contributed by atoms with Crippen molar-refractivity contribution in [3.05, 3.63) is 69.0 Å². The number of benzene rings is 2. The minimum atomic E-state index is -0.265. The molecular weight excluding hydrogens is 298 g/mol. The lowest BCUT2D eigenvalue weighted by atomic mass is 9.96. The highest BCUT2D eigenvalue weighted by molar-refractivity contribution is 6.42. The van der Waals surface area contributed by atoms with Gasteiger partial charge in [-0.15, -0.1) is 0 Å². The number of rotatable bonds is 4. The molecule has 0 bridgehead atoms. The fraction of sp³-hybridized carbons (Fsp3) is 0.200. The van der Waals surface area contributed by atoms with Gasteiger partial charge in [0.15, 0.2) is 0 Å². The van der Waals surface area contributed by atoms with E-state index in [4.69, 9.17) is 29.0 Å². The molecule has 0 fully saturated rings. The van der Waals surface area contributed by atoms with E-state index in [1.165, 1.54) is 12.1 Å². The van der Waals surface area contributed by atoms with E-state index in [2.05, 4.69) is 5.43 Å². The number of hydrazine groups is 1. The second-order valence-electron chi connectivity index (χ2n) is 4.64. The summed E-state index contributed by atoms with van der Waals surface area (Å²) in [6.07, 6.45) is 0.528. The van der Waals surface area contributed by atoms with Gasteiger partial charge in [0, 0.05) is 0 Å². The molecule has 0 spiro atoms. The molecule has 5 heteroatoms. The Morgan fingerprint density at radius 1 is 1.25 bits per heavy atom. The van der Waals surface area contributed by atoms with Crippen LogP contribution in [0, 0.1) is 12.7 Å². The van der Waals surface area contributed by atoms with E-state index in [-0.39, 0.29) is 11.9 Å². The van der Waals surface area contributed by atoms with E-state index in [0.717, 1.165) is 16.7 Å². The molecular formula is C15H15Cl2FN2. The Labute approximate surface area is 127 Å². The number of halogens is 3. The van der Waals surface area contributed by atoms with Crippen molar-refractivity contribution in [3.8, 4) is 0 Å². The zero-order valence-corrected chi connectivity index (χ0v) is 12.5. The summed E-state index contributed by atoms with van der Waals surface area (Å²) < 4.78 is 13.3. The van der Waals surface area contributed by atoms with Crippen LogP contribution in [0.1, 0.15) is 22.7 Å². The van der Waals surface area contributed by atoms with Crippen molar-refractivity contribution >= 4 is 23.2 Å². The maximum absolute atomic E-state index is 13.3. The summed E-state index contributed by atoms with van der Waals surface area (Å²) in [6, 6.07) is 9.85. The molecule has 0 saturated carbocycles. The van der Waals surface area contributed by atoms with Crippen molar-refractivity contribution < 1.29 is 4.39 Å². The maximum Gasteiger partial charge on any atom is 0.123 e. The van der Waals surface area contributed by atoms with Crippen LogP contribution in [0.15, 0.2) is 36.4 Å². The van der Waals surface area contributed by atoms with E-state index < -0.39 is 0 Å². The van der Waals surface area contributed by atoms with Crippen molar-refractivity contribution in [1.82, 2.24) is 5.43 Å². The highest BCUT2D eigenvalue weighted by Crippen LogP contribution is 2.31. The van der Waals surface area contributed by atoms with Gasteiger partial charge in [-0.1, -0.05) is 41.4 Å². The molecule has 0 aliphatic carbocycles. The first-order valence-corrected chi connectivity index (χ1v) is 6.93. The lowest BCUT2D eigenvalue weighted by Crippen LogP contribution is -2.30. The fourth-order valence-electron chi connectivity index (χ4n) is 2.13. The summed E-state index contributed by atoms with van der Waals surface area (Å²) >= 11 is 12.2. The maximum atomic E-state index is 13.3. The van der Waals surface area contributed by atoms with E-state index in [1.54, 1.807) is 12.1 Å². The fourth-order valence-corrected chi connectivity index (χ4v) is 2.57. The molecule has 1 unspecified atom stereocenters. The van der Waals surface area contributed by atoms with Crippen LogP contribution in [-0.2, 0) is 6.42 Å². The van der Waals surface area contributed by atoms with E-state index in [1.807, 2.05) is 19.1 Å². The van der Waals surface area contributed by atoms with Gasteiger partial charge in [-0.25, -0.2) is 4.39 Å². The van der Waals surface area contributed by atoms with Gasteiger partial charge in [-0.2, -0.15) is 0 Å². The van der Waals surface area contributed by atoms with Crippen molar-refractivity contribution in [2.75, 3.05) is 0 Å². The summed E-state index contributed by atoms with van der Waals surface area (Å²) in [5.74, 6) is 5.35. The molecule has 0 radical (unpaired) electrons. The highest BCUT2D eigenvalue weighted by atomic mass is 35.5. The highest BCUT2D eigenvalue weighted by Gasteiger charge is 2.16. The van der Waals surface area contributed by atoms with Crippen LogP contribution in [0.2, 0.25) is 10.0 Å². The van der Waals surface area contributed by atoms with Gasteiger partial charge in [-0.05, 0) is 48.2 Å². The molecule has 0 aliphatic heterocycles. The molecule has 0 aliphatic rings. The third kappa shape index (κ3) is 3.30. The lowest BCUT2D eigenvalue weighted by Gasteiger charge is -2.19. The molecule has 2 rings (SSSR count). The van der Waals surface area contributed by atoms with Crippen LogP contribution in [0.3, 0.4) is 0 Å². The van der Waals surface area contributed by atoms with Crippen LogP contribution in [-0.4, -0.2) is 0 Å². The largest absolute Gasteiger partial charge is 0.271 e. The SMILES string of the molecule is Cc1ccc(F)cc1CC(NN)c1cccc(Cl)c1Cl. The van der Waals surface area contributed by atoms with Gasteiger partial charge in [0.25, 0.3) is 0 Å². The van der Waals surface area contributed by atoms with Crippen LogP contribution in [0.5, 0.6) is 0 Å². The zero-order chi connectivity index (χ0) is 14.7. The summed E-state index contributed by atoms with van der Waals surface area (Å²) in [6.45, 7) is 1.93. The van der Waals surface area contributed by atoms with Gasteiger partial charge < -0.3 is 0 Å². The Hall–Kier alpha value is -1.13. The van der Waals surface area contributed by atoms with Crippen molar-refractivity contribution in [2.45, 2.75) is 19.4 Å². The van der Waals surface area contributed by atoms with Crippen molar-refractivity contribution in [3.63, 3.8) is 0 Å². The third-order valence-corrected chi connectivity index (χ3v) is 4.13. The van der Waals surface area contributed by atoms with Crippen LogP contribution < -0.4 is 11.3 Å². The first-order chi connectivity index (χ1) is 9.52. The van der Waals surface area contributed by atoms with Crippen molar-refractivity contribution in [1.29, 1.82) is 0 Å². The molecule has 2 aromatic rings. The van der Waals surface area contributed by atoms with E-state index in [9.17, 15) is 4.39 Å². The molecule has 1 atom stereocenters. The van der Waals surface area contributed by atoms with Gasteiger partial charge in [0.2, 0.25) is 0 Å². The Morgan fingerprint density at radius 2 is 2.00 bits per heavy atom. The zero-order valence-electron chi connectivity index (χ0n) is 11.0. The number of nitrogens with one attached hydrogen (secondary N) is 1. The quantitative estimate of drug-likeness (QED) is 0.656. The first-order valence-electron chi connectivity index (χ1n) is 6.18. The standard InChI is InChI=1S/C15H15Cl2FN2/c1-9-5-6-11(18)7-10(9)8-14(20-19)12-3-2-4-13(16)15(12)17/h2-7,14,20H,8,19H2,1H3. The smallest absolute Gasteiger partial charge is 0.123 e. The molecule has 2 nitrogen and oxygen atoms in total. The van der Waals surface area contributed by atoms with Crippen LogP contribution in [0.25, 0.3) is 0 Å². The summed E-state index contributed by atoms with van der Waals surface area (Å²) in [5.41, 5.74) is 5.40.